The van der Waals surface area contributed by atoms with Crippen LogP contribution in [0.25, 0.3) is 0 Å². The predicted molar refractivity (Wildman–Crippen MR) is 71.9 cm³/mol. The van der Waals surface area contributed by atoms with E-state index in [0.717, 1.165) is 25.7 Å². The van der Waals surface area contributed by atoms with E-state index in [1.54, 1.807) is 0 Å². The van der Waals surface area contributed by atoms with E-state index >= 15 is 0 Å². The molecule has 1 nitrogen and oxygen atoms in total. The fourth-order valence-corrected chi connectivity index (χ4v) is 2.66. The van der Waals surface area contributed by atoms with Gasteiger partial charge in [0.1, 0.15) is 0 Å². The van der Waals surface area contributed by atoms with Crippen LogP contribution >= 0.6 is 0 Å². The Morgan fingerprint density at radius 1 is 1.18 bits per heavy atom. The maximum Gasteiger partial charge on any atom is 0.0894 e. The summed E-state index contributed by atoms with van der Waals surface area (Å²) in [5, 5.41) is 10.8. The molecule has 0 heterocycles. The second-order valence-corrected chi connectivity index (χ2v) is 5.02. The van der Waals surface area contributed by atoms with Crippen LogP contribution < -0.4 is 0 Å². The standard InChI is InChI=1S/C16H22O/c1-2-16(17,15-11-7-4-8-12-15)13-14-9-5-3-6-10-14/h3,5-6,9-11,17H,2,4,7-8,12-13H2,1H3. The van der Waals surface area contributed by atoms with Crippen molar-refractivity contribution < 1.29 is 5.11 Å². The summed E-state index contributed by atoms with van der Waals surface area (Å²) in [7, 11) is 0. The topological polar surface area (TPSA) is 20.2 Å². The summed E-state index contributed by atoms with van der Waals surface area (Å²) in [4.78, 5) is 0. The van der Waals surface area contributed by atoms with Gasteiger partial charge in [-0.3, -0.25) is 0 Å². The van der Waals surface area contributed by atoms with Crippen molar-refractivity contribution in [3.8, 4) is 0 Å². The summed E-state index contributed by atoms with van der Waals surface area (Å²) in [6, 6.07) is 10.3. The second kappa shape index (κ2) is 5.50. The van der Waals surface area contributed by atoms with Gasteiger partial charge in [0.2, 0.25) is 0 Å². The Labute approximate surface area is 104 Å². The summed E-state index contributed by atoms with van der Waals surface area (Å²) in [6.07, 6.45) is 8.50. The van der Waals surface area contributed by atoms with Crippen LogP contribution in [0.4, 0.5) is 0 Å². The van der Waals surface area contributed by atoms with Gasteiger partial charge in [0.05, 0.1) is 5.60 Å². The van der Waals surface area contributed by atoms with Crippen molar-refractivity contribution in [1.29, 1.82) is 0 Å². The normalized spacial score (nSPS) is 19.5. The fourth-order valence-electron chi connectivity index (χ4n) is 2.66. The molecule has 0 aliphatic heterocycles. The molecular weight excluding hydrogens is 208 g/mol. The quantitative estimate of drug-likeness (QED) is 0.778. The Morgan fingerprint density at radius 2 is 1.94 bits per heavy atom. The molecule has 0 saturated heterocycles. The van der Waals surface area contributed by atoms with Gasteiger partial charge in [-0.15, -0.1) is 0 Å². The van der Waals surface area contributed by atoms with E-state index in [1.165, 1.54) is 24.0 Å². The minimum Gasteiger partial charge on any atom is -0.385 e. The van der Waals surface area contributed by atoms with E-state index < -0.39 is 5.60 Å². The van der Waals surface area contributed by atoms with Gasteiger partial charge in [-0.1, -0.05) is 43.3 Å². The van der Waals surface area contributed by atoms with Gasteiger partial charge < -0.3 is 5.11 Å². The number of rotatable bonds is 4. The van der Waals surface area contributed by atoms with E-state index in [2.05, 4.69) is 25.1 Å². The zero-order valence-electron chi connectivity index (χ0n) is 10.7. The van der Waals surface area contributed by atoms with Crippen molar-refractivity contribution in [1.82, 2.24) is 0 Å². The van der Waals surface area contributed by atoms with Crippen molar-refractivity contribution in [2.45, 2.75) is 51.0 Å². The number of hydrogen-bond donors (Lipinski definition) is 1. The van der Waals surface area contributed by atoms with Gasteiger partial charge in [0.25, 0.3) is 0 Å². The Hall–Kier alpha value is -1.08. The molecule has 1 N–H and O–H groups in total. The molecule has 1 atom stereocenters. The van der Waals surface area contributed by atoms with Crippen LogP contribution in [0.2, 0.25) is 0 Å². The Morgan fingerprint density at radius 3 is 2.53 bits per heavy atom. The van der Waals surface area contributed by atoms with Crippen molar-refractivity contribution in [3.63, 3.8) is 0 Å². The lowest BCUT2D eigenvalue weighted by Gasteiger charge is -2.32. The van der Waals surface area contributed by atoms with E-state index in [1.807, 2.05) is 18.2 Å². The van der Waals surface area contributed by atoms with Gasteiger partial charge in [0.15, 0.2) is 0 Å². The van der Waals surface area contributed by atoms with Gasteiger partial charge in [-0.25, -0.2) is 0 Å². The lowest BCUT2D eigenvalue weighted by Crippen LogP contribution is -2.34. The van der Waals surface area contributed by atoms with E-state index in [-0.39, 0.29) is 0 Å². The van der Waals surface area contributed by atoms with Crippen LogP contribution in [-0.2, 0) is 6.42 Å². The zero-order chi connectivity index (χ0) is 12.1. The first kappa shape index (κ1) is 12.4. The molecule has 1 aliphatic carbocycles. The van der Waals surface area contributed by atoms with E-state index in [0.29, 0.717) is 0 Å². The van der Waals surface area contributed by atoms with Crippen molar-refractivity contribution >= 4 is 0 Å². The molecule has 1 unspecified atom stereocenters. The lowest BCUT2D eigenvalue weighted by molar-refractivity contribution is 0.0691. The van der Waals surface area contributed by atoms with Gasteiger partial charge in [-0.05, 0) is 43.2 Å². The third kappa shape index (κ3) is 2.98. The molecular formula is C16H22O. The fraction of sp³-hybridized carbons (Fsp3) is 0.500. The molecule has 0 amide bonds. The highest BCUT2D eigenvalue weighted by atomic mass is 16.3. The summed E-state index contributed by atoms with van der Waals surface area (Å²) < 4.78 is 0. The predicted octanol–water partition coefficient (Wildman–Crippen LogP) is 3.87. The Kier molecular flexibility index (Phi) is 4.01. The van der Waals surface area contributed by atoms with Crippen LogP contribution in [0.15, 0.2) is 42.0 Å². The number of hydrogen-bond acceptors (Lipinski definition) is 1. The Balaban J connectivity index is 2.16. The highest BCUT2D eigenvalue weighted by molar-refractivity contribution is 5.25. The minimum atomic E-state index is -0.623. The second-order valence-electron chi connectivity index (χ2n) is 5.02. The number of aliphatic hydroxyl groups is 1. The van der Waals surface area contributed by atoms with Gasteiger partial charge >= 0.3 is 0 Å². The van der Waals surface area contributed by atoms with Gasteiger partial charge in [-0.2, -0.15) is 0 Å². The largest absolute Gasteiger partial charge is 0.385 e. The smallest absolute Gasteiger partial charge is 0.0894 e. The average Bonchev–Trinajstić information content (AvgIpc) is 2.41. The molecule has 0 aromatic heterocycles. The monoisotopic (exact) mass is 230 g/mol. The molecule has 2 rings (SSSR count). The minimum absolute atomic E-state index is 0.623. The molecule has 17 heavy (non-hydrogen) atoms. The van der Waals surface area contributed by atoms with Crippen molar-refractivity contribution in [3.05, 3.63) is 47.5 Å². The molecule has 0 bridgehead atoms. The molecule has 1 aliphatic rings. The summed E-state index contributed by atoms with van der Waals surface area (Å²) >= 11 is 0. The first-order chi connectivity index (χ1) is 8.24. The zero-order valence-corrected chi connectivity index (χ0v) is 10.7. The summed E-state index contributed by atoms with van der Waals surface area (Å²) in [6.45, 7) is 2.08. The molecule has 0 radical (unpaired) electrons. The molecule has 92 valence electrons. The van der Waals surface area contributed by atoms with Crippen LogP contribution in [-0.4, -0.2) is 10.7 Å². The van der Waals surface area contributed by atoms with Crippen molar-refractivity contribution in [2.24, 2.45) is 0 Å². The highest BCUT2D eigenvalue weighted by Crippen LogP contribution is 2.32. The molecule has 0 spiro atoms. The molecule has 1 aromatic carbocycles. The summed E-state index contributed by atoms with van der Waals surface area (Å²) in [5.41, 5.74) is 1.86. The van der Waals surface area contributed by atoms with Crippen LogP contribution in [0.3, 0.4) is 0 Å². The van der Waals surface area contributed by atoms with Crippen LogP contribution in [0.1, 0.15) is 44.6 Å². The average molecular weight is 230 g/mol. The molecule has 0 fully saturated rings. The van der Waals surface area contributed by atoms with Crippen LogP contribution in [0.5, 0.6) is 0 Å². The van der Waals surface area contributed by atoms with Crippen LogP contribution in [0, 0.1) is 0 Å². The summed E-state index contributed by atoms with van der Waals surface area (Å²) in [5.74, 6) is 0. The maximum atomic E-state index is 10.8. The number of allylic oxidation sites excluding steroid dienone is 1. The van der Waals surface area contributed by atoms with Gasteiger partial charge in [0, 0.05) is 6.42 Å². The first-order valence-corrected chi connectivity index (χ1v) is 6.70. The van der Waals surface area contributed by atoms with E-state index in [9.17, 15) is 5.11 Å². The maximum absolute atomic E-state index is 10.8. The highest BCUT2D eigenvalue weighted by Gasteiger charge is 2.30. The number of benzene rings is 1. The molecule has 1 heteroatoms. The molecule has 0 saturated carbocycles. The molecule has 1 aromatic rings. The SMILES string of the molecule is CCC(O)(Cc1ccccc1)C1=CCCCC1. The first-order valence-electron chi connectivity index (χ1n) is 6.70. The Bertz CT molecular complexity index is 380. The van der Waals surface area contributed by atoms with E-state index in [4.69, 9.17) is 0 Å². The third-order valence-electron chi connectivity index (χ3n) is 3.81. The van der Waals surface area contributed by atoms with Crippen molar-refractivity contribution in [2.75, 3.05) is 0 Å². The lowest BCUT2D eigenvalue weighted by atomic mass is 9.80. The third-order valence-corrected chi connectivity index (χ3v) is 3.81.